The third kappa shape index (κ3) is 3.98. The standard InChI is InChI=1S/C7H8ClN.CH5N/c8-7-3-1-2-6(4-7)5-9;1-2/h1-4H,5,9H2;2H2,1H3. The van der Waals surface area contributed by atoms with Crippen molar-refractivity contribution in [1.29, 1.82) is 0 Å². The summed E-state index contributed by atoms with van der Waals surface area (Å²) in [5.41, 5.74) is 10.9. The second-order valence-corrected chi connectivity index (χ2v) is 2.27. The van der Waals surface area contributed by atoms with Gasteiger partial charge in [-0.15, -0.1) is 0 Å². The van der Waals surface area contributed by atoms with Gasteiger partial charge in [0.2, 0.25) is 0 Å². The van der Waals surface area contributed by atoms with Gasteiger partial charge in [0.15, 0.2) is 0 Å². The van der Waals surface area contributed by atoms with E-state index in [1.807, 2.05) is 24.3 Å². The Morgan fingerprint density at radius 2 is 2.00 bits per heavy atom. The summed E-state index contributed by atoms with van der Waals surface area (Å²) in [7, 11) is 1.50. The second-order valence-electron chi connectivity index (χ2n) is 1.83. The van der Waals surface area contributed by atoms with Gasteiger partial charge in [0.05, 0.1) is 0 Å². The monoisotopic (exact) mass is 172 g/mol. The predicted molar refractivity (Wildman–Crippen MR) is 49.5 cm³/mol. The molecule has 0 aliphatic rings. The first-order chi connectivity index (χ1) is 5.33. The zero-order chi connectivity index (χ0) is 8.69. The average molecular weight is 173 g/mol. The zero-order valence-electron chi connectivity index (χ0n) is 6.55. The van der Waals surface area contributed by atoms with Crippen molar-refractivity contribution >= 4 is 11.6 Å². The van der Waals surface area contributed by atoms with E-state index in [1.54, 1.807) is 0 Å². The molecular weight excluding hydrogens is 160 g/mol. The predicted octanol–water partition coefficient (Wildman–Crippen LogP) is 1.37. The molecule has 2 nitrogen and oxygen atoms in total. The Hall–Kier alpha value is -0.570. The molecule has 62 valence electrons. The molecule has 4 N–H and O–H groups in total. The van der Waals surface area contributed by atoms with Crippen LogP contribution in [0.3, 0.4) is 0 Å². The highest BCUT2D eigenvalue weighted by atomic mass is 35.5. The van der Waals surface area contributed by atoms with E-state index in [0.717, 1.165) is 10.6 Å². The minimum atomic E-state index is 0.556. The molecule has 0 fully saturated rings. The van der Waals surface area contributed by atoms with E-state index in [1.165, 1.54) is 7.05 Å². The van der Waals surface area contributed by atoms with Gasteiger partial charge in [0.25, 0.3) is 0 Å². The molecule has 1 aromatic carbocycles. The molecule has 0 saturated heterocycles. The van der Waals surface area contributed by atoms with Gasteiger partial charge in [-0.25, -0.2) is 0 Å². The first-order valence-electron chi connectivity index (χ1n) is 3.35. The Kier molecular flexibility index (Phi) is 5.84. The van der Waals surface area contributed by atoms with Crippen molar-refractivity contribution in [3.63, 3.8) is 0 Å². The van der Waals surface area contributed by atoms with Crippen LogP contribution in [0.4, 0.5) is 0 Å². The largest absolute Gasteiger partial charge is 0.333 e. The topological polar surface area (TPSA) is 52.0 Å². The molecule has 0 bridgehead atoms. The number of hydrogen-bond acceptors (Lipinski definition) is 2. The molecule has 0 heterocycles. The molecule has 1 aromatic rings. The zero-order valence-corrected chi connectivity index (χ0v) is 7.31. The van der Waals surface area contributed by atoms with Crippen molar-refractivity contribution < 1.29 is 0 Å². The summed E-state index contributed by atoms with van der Waals surface area (Å²) < 4.78 is 0. The Labute approximate surface area is 72.2 Å². The molecular formula is C8H13ClN2. The maximum atomic E-state index is 5.67. The summed E-state index contributed by atoms with van der Waals surface area (Å²) in [6, 6.07) is 7.54. The summed E-state index contributed by atoms with van der Waals surface area (Å²) in [5, 5.41) is 0.748. The highest BCUT2D eigenvalue weighted by Crippen LogP contribution is 2.09. The molecule has 11 heavy (non-hydrogen) atoms. The van der Waals surface area contributed by atoms with Crippen molar-refractivity contribution in [3.05, 3.63) is 34.9 Å². The van der Waals surface area contributed by atoms with Crippen LogP contribution in [0.15, 0.2) is 24.3 Å². The highest BCUT2D eigenvalue weighted by Gasteiger charge is 1.87. The smallest absolute Gasteiger partial charge is 0.0409 e. The van der Waals surface area contributed by atoms with Gasteiger partial charge in [0, 0.05) is 11.6 Å². The van der Waals surface area contributed by atoms with Crippen LogP contribution >= 0.6 is 11.6 Å². The number of halogens is 1. The Morgan fingerprint density at radius 3 is 2.36 bits per heavy atom. The van der Waals surface area contributed by atoms with Gasteiger partial charge in [-0.1, -0.05) is 23.7 Å². The van der Waals surface area contributed by atoms with Gasteiger partial charge in [0.1, 0.15) is 0 Å². The van der Waals surface area contributed by atoms with E-state index in [0.29, 0.717) is 6.54 Å². The van der Waals surface area contributed by atoms with E-state index in [4.69, 9.17) is 17.3 Å². The molecule has 0 aliphatic carbocycles. The molecule has 0 radical (unpaired) electrons. The van der Waals surface area contributed by atoms with E-state index in [9.17, 15) is 0 Å². The fraction of sp³-hybridized carbons (Fsp3) is 0.250. The maximum Gasteiger partial charge on any atom is 0.0409 e. The molecule has 1 rings (SSSR count). The molecule has 3 heteroatoms. The van der Waals surface area contributed by atoms with Gasteiger partial charge in [-0.2, -0.15) is 0 Å². The van der Waals surface area contributed by atoms with Crippen LogP contribution in [0, 0.1) is 0 Å². The van der Waals surface area contributed by atoms with Crippen molar-refractivity contribution in [1.82, 2.24) is 0 Å². The second kappa shape index (κ2) is 6.16. The minimum Gasteiger partial charge on any atom is -0.333 e. The Morgan fingerprint density at radius 1 is 1.36 bits per heavy atom. The van der Waals surface area contributed by atoms with Crippen LogP contribution in [0.2, 0.25) is 5.02 Å². The minimum absolute atomic E-state index is 0.556. The lowest BCUT2D eigenvalue weighted by atomic mass is 10.2. The number of rotatable bonds is 1. The SMILES string of the molecule is CN.NCc1cccc(Cl)c1. The maximum absolute atomic E-state index is 5.67. The number of hydrogen-bond donors (Lipinski definition) is 2. The molecule has 0 unspecified atom stereocenters. The summed E-state index contributed by atoms with van der Waals surface area (Å²) >= 11 is 5.67. The van der Waals surface area contributed by atoms with Gasteiger partial charge < -0.3 is 11.5 Å². The first kappa shape index (κ1) is 10.4. The lowest BCUT2D eigenvalue weighted by Crippen LogP contribution is -1.94. The van der Waals surface area contributed by atoms with Crippen molar-refractivity contribution in [2.24, 2.45) is 11.5 Å². The Balaban J connectivity index is 0.000000461. The highest BCUT2D eigenvalue weighted by molar-refractivity contribution is 6.30. The molecule has 0 atom stereocenters. The average Bonchev–Trinajstić information content (AvgIpc) is 2.08. The van der Waals surface area contributed by atoms with Crippen LogP contribution in [0.25, 0.3) is 0 Å². The quantitative estimate of drug-likeness (QED) is 0.673. The van der Waals surface area contributed by atoms with Gasteiger partial charge in [-0.3, -0.25) is 0 Å². The molecule has 0 spiro atoms. The third-order valence-electron chi connectivity index (χ3n) is 1.12. The lowest BCUT2D eigenvalue weighted by Gasteiger charge is -1.93. The van der Waals surface area contributed by atoms with E-state index in [-0.39, 0.29) is 0 Å². The molecule has 0 saturated carbocycles. The van der Waals surface area contributed by atoms with Gasteiger partial charge in [-0.05, 0) is 24.7 Å². The molecule has 0 aromatic heterocycles. The summed E-state index contributed by atoms with van der Waals surface area (Å²) in [6.07, 6.45) is 0. The fourth-order valence-corrected chi connectivity index (χ4v) is 0.877. The summed E-state index contributed by atoms with van der Waals surface area (Å²) in [5.74, 6) is 0. The van der Waals surface area contributed by atoms with Gasteiger partial charge >= 0.3 is 0 Å². The molecule has 0 aliphatic heterocycles. The van der Waals surface area contributed by atoms with Crippen LogP contribution in [-0.2, 0) is 6.54 Å². The van der Waals surface area contributed by atoms with Crippen LogP contribution in [-0.4, -0.2) is 7.05 Å². The number of benzene rings is 1. The van der Waals surface area contributed by atoms with Crippen molar-refractivity contribution in [3.8, 4) is 0 Å². The summed E-state index contributed by atoms with van der Waals surface area (Å²) in [6.45, 7) is 0.556. The van der Waals surface area contributed by atoms with Crippen molar-refractivity contribution in [2.45, 2.75) is 6.54 Å². The van der Waals surface area contributed by atoms with Crippen molar-refractivity contribution in [2.75, 3.05) is 7.05 Å². The number of nitrogens with two attached hydrogens (primary N) is 2. The summed E-state index contributed by atoms with van der Waals surface area (Å²) in [4.78, 5) is 0. The Bertz CT molecular complexity index is 201. The van der Waals surface area contributed by atoms with Crippen LogP contribution in [0.5, 0.6) is 0 Å². The van der Waals surface area contributed by atoms with E-state index >= 15 is 0 Å². The normalized spacial score (nSPS) is 8.36. The van der Waals surface area contributed by atoms with Crippen LogP contribution in [0.1, 0.15) is 5.56 Å². The van der Waals surface area contributed by atoms with E-state index in [2.05, 4.69) is 5.73 Å². The molecule has 0 amide bonds. The van der Waals surface area contributed by atoms with E-state index < -0.39 is 0 Å². The third-order valence-corrected chi connectivity index (χ3v) is 1.36. The first-order valence-corrected chi connectivity index (χ1v) is 3.73. The fourth-order valence-electron chi connectivity index (χ4n) is 0.664. The van der Waals surface area contributed by atoms with Crippen LogP contribution < -0.4 is 11.5 Å². The lowest BCUT2D eigenvalue weighted by molar-refractivity contribution is 1.07.